The van der Waals surface area contributed by atoms with Crippen molar-refractivity contribution in [2.24, 2.45) is 11.8 Å². The van der Waals surface area contributed by atoms with Gasteiger partial charge in [0, 0.05) is 16.1 Å². The first-order chi connectivity index (χ1) is 9.54. The van der Waals surface area contributed by atoms with Crippen molar-refractivity contribution in [3.63, 3.8) is 0 Å². The largest absolute Gasteiger partial charge is 0.310 e. The molecule has 3 unspecified atom stereocenters. The monoisotopic (exact) mass is 361 g/mol. The van der Waals surface area contributed by atoms with Crippen molar-refractivity contribution in [2.45, 2.75) is 45.6 Å². The molecule has 4 heteroatoms. The molecule has 3 atom stereocenters. The molecule has 1 aromatic rings. The van der Waals surface area contributed by atoms with E-state index in [1.807, 2.05) is 12.1 Å². The van der Waals surface area contributed by atoms with Gasteiger partial charge in [-0.3, -0.25) is 0 Å². The van der Waals surface area contributed by atoms with Gasteiger partial charge in [0.2, 0.25) is 0 Å². The minimum Gasteiger partial charge on any atom is -0.310 e. The minimum atomic E-state index is -0.283. The van der Waals surface area contributed by atoms with Gasteiger partial charge in [0.1, 0.15) is 5.82 Å². The normalized spacial score (nSPS) is 24.1. The summed E-state index contributed by atoms with van der Waals surface area (Å²) < 4.78 is 15.1. The molecule has 0 saturated heterocycles. The van der Waals surface area contributed by atoms with Gasteiger partial charge >= 0.3 is 0 Å². The van der Waals surface area contributed by atoms with Crippen LogP contribution in [0.5, 0.6) is 0 Å². The lowest BCUT2D eigenvalue weighted by Gasteiger charge is -2.26. The van der Waals surface area contributed by atoms with Crippen LogP contribution in [0.3, 0.4) is 0 Å². The second-order valence-electron chi connectivity index (χ2n) is 5.87. The van der Waals surface area contributed by atoms with Crippen molar-refractivity contribution >= 4 is 27.5 Å². The Balaban J connectivity index is 2.28. The lowest BCUT2D eigenvalue weighted by atomic mass is 9.90. The molecule has 1 aliphatic rings. The van der Waals surface area contributed by atoms with Crippen LogP contribution < -0.4 is 5.32 Å². The van der Waals surface area contributed by atoms with Crippen LogP contribution in [-0.4, -0.2) is 6.54 Å². The molecule has 0 heterocycles. The topological polar surface area (TPSA) is 12.0 Å². The van der Waals surface area contributed by atoms with Crippen LogP contribution in [0, 0.1) is 17.7 Å². The first kappa shape index (κ1) is 16.3. The van der Waals surface area contributed by atoms with Crippen molar-refractivity contribution in [1.29, 1.82) is 0 Å². The summed E-state index contributed by atoms with van der Waals surface area (Å²) in [4.78, 5) is 0. The summed E-state index contributed by atoms with van der Waals surface area (Å²) >= 11 is 9.33. The molecule has 112 valence electrons. The van der Waals surface area contributed by atoms with E-state index in [1.165, 1.54) is 6.42 Å². The highest BCUT2D eigenvalue weighted by Crippen LogP contribution is 2.41. The lowest BCUT2D eigenvalue weighted by Crippen LogP contribution is -2.29. The Labute approximate surface area is 134 Å². The van der Waals surface area contributed by atoms with E-state index in [2.05, 4.69) is 35.1 Å². The van der Waals surface area contributed by atoms with Gasteiger partial charge < -0.3 is 5.32 Å². The van der Waals surface area contributed by atoms with Crippen molar-refractivity contribution in [3.05, 3.63) is 33.0 Å². The Bertz CT molecular complexity index is 466. The molecule has 1 nitrogen and oxygen atoms in total. The minimum absolute atomic E-state index is 0.0745. The van der Waals surface area contributed by atoms with Crippen molar-refractivity contribution in [1.82, 2.24) is 5.32 Å². The van der Waals surface area contributed by atoms with Gasteiger partial charge in [0.05, 0.1) is 5.02 Å². The molecule has 2 rings (SSSR count). The molecule has 0 radical (unpaired) electrons. The fraction of sp³-hybridized carbons (Fsp3) is 0.625. The van der Waals surface area contributed by atoms with Crippen LogP contribution in [0.15, 0.2) is 16.6 Å². The Hall–Kier alpha value is -0.120. The highest BCUT2D eigenvalue weighted by Gasteiger charge is 2.31. The summed E-state index contributed by atoms with van der Waals surface area (Å²) in [6, 6.07) is 3.78. The third-order valence-corrected chi connectivity index (χ3v) is 5.48. The Morgan fingerprint density at radius 1 is 1.45 bits per heavy atom. The number of halogens is 3. The maximum absolute atomic E-state index is 14.5. The summed E-state index contributed by atoms with van der Waals surface area (Å²) in [5.41, 5.74) is 0.714. The molecule has 0 aromatic heterocycles. The summed E-state index contributed by atoms with van der Waals surface area (Å²) in [5.74, 6) is 0.956. The molecule has 1 N–H and O–H groups in total. The molecule has 1 aliphatic carbocycles. The maximum Gasteiger partial charge on any atom is 0.147 e. The van der Waals surface area contributed by atoms with Crippen LogP contribution in [0.1, 0.15) is 51.1 Å². The Morgan fingerprint density at radius 2 is 2.20 bits per heavy atom. The zero-order valence-corrected chi connectivity index (χ0v) is 14.4. The zero-order chi connectivity index (χ0) is 14.7. The Morgan fingerprint density at radius 3 is 2.80 bits per heavy atom. The highest BCUT2D eigenvalue weighted by molar-refractivity contribution is 9.10. The maximum atomic E-state index is 14.5. The molecular weight excluding hydrogens is 341 g/mol. The van der Waals surface area contributed by atoms with Crippen LogP contribution in [0.4, 0.5) is 4.39 Å². The summed E-state index contributed by atoms with van der Waals surface area (Å²) in [5, 5.41) is 3.71. The lowest BCUT2D eigenvalue weighted by molar-refractivity contribution is 0.349. The summed E-state index contributed by atoms with van der Waals surface area (Å²) in [7, 11) is 0. The third-order valence-electron chi connectivity index (χ3n) is 4.22. The third kappa shape index (κ3) is 3.55. The average molecular weight is 363 g/mol. The SMILES string of the molecule is CCCNC(c1ccc(Br)c(Cl)c1F)C1CCC(C)C1. The molecule has 1 fully saturated rings. The fourth-order valence-corrected chi connectivity index (χ4v) is 3.64. The first-order valence-corrected chi connectivity index (χ1v) is 8.58. The van der Waals surface area contributed by atoms with Gasteiger partial charge in [-0.25, -0.2) is 4.39 Å². The fourth-order valence-electron chi connectivity index (χ4n) is 3.17. The number of rotatable bonds is 5. The smallest absolute Gasteiger partial charge is 0.147 e. The van der Waals surface area contributed by atoms with Gasteiger partial charge in [0.25, 0.3) is 0 Å². The highest BCUT2D eigenvalue weighted by atomic mass is 79.9. The average Bonchev–Trinajstić information content (AvgIpc) is 2.85. The van der Waals surface area contributed by atoms with Crippen LogP contribution in [-0.2, 0) is 0 Å². The van der Waals surface area contributed by atoms with E-state index in [-0.39, 0.29) is 16.9 Å². The number of benzene rings is 1. The quantitative estimate of drug-likeness (QED) is 0.661. The number of nitrogens with one attached hydrogen (secondary N) is 1. The number of hydrogen-bond acceptors (Lipinski definition) is 1. The van der Waals surface area contributed by atoms with E-state index in [0.717, 1.165) is 31.7 Å². The van der Waals surface area contributed by atoms with E-state index in [4.69, 9.17) is 11.6 Å². The van der Waals surface area contributed by atoms with E-state index < -0.39 is 0 Å². The van der Waals surface area contributed by atoms with E-state index in [9.17, 15) is 4.39 Å². The van der Waals surface area contributed by atoms with Gasteiger partial charge in [0.15, 0.2) is 0 Å². The van der Waals surface area contributed by atoms with E-state index >= 15 is 0 Å². The molecule has 1 saturated carbocycles. The second-order valence-corrected chi connectivity index (χ2v) is 7.11. The predicted molar refractivity (Wildman–Crippen MR) is 86.6 cm³/mol. The van der Waals surface area contributed by atoms with Crippen LogP contribution in [0.25, 0.3) is 0 Å². The molecule has 0 bridgehead atoms. The Kier molecular flexibility index (Phi) is 5.88. The van der Waals surface area contributed by atoms with Gasteiger partial charge in [-0.05, 0) is 59.6 Å². The molecule has 0 spiro atoms. The van der Waals surface area contributed by atoms with Crippen molar-refractivity contribution < 1.29 is 4.39 Å². The first-order valence-electron chi connectivity index (χ1n) is 7.41. The van der Waals surface area contributed by atoms with Crippen molar-refractivity contribution in [3.8, 4) is 0 Å². The second kappa shape index (κ2) is 7.24. The van der Waals surface area contributed by atoms with Crippen LogP contribution >= 0.6 is 27.5 Å². The summed E-state index contributed by atoms with van der Waals surface area (Å²) in [6.45, 7) is 5.32. The molecular formula is C16H22BrClFN. The van der Waals surface area contributed by atoms with Crippen LogP contribution in [0.2, 0.25) is 5.02 Å². The van der Waals surface area contributed by atoms with E-state index in [1.54, 1.807) is 0 Å². The predicted octanol–water partition coefficient (Wildman–Crippen LogP) is 5.72. The van der Waals surface area contributed by atoms with Gasteiger partial charge in [-0.1, -0.05) is 37.9 Å². The van der Waals surface area contributed by atoms with Crippen molar-refractivity contribution in [2.75, 3.05) is 6.54 Å². The van der Waals surface area contributed by atoms with Gasteiger partial charge in [-0.15, -0.1) is 0 Å². The zero-order valence-electron chi connectivity index (χ0n) is 12.1. The molecule has 0 aliphatic heterocycles. The number of hydrogen-bond donors (Lipinski definition) is 1. The summed E-state index contributed by atoms with van der Waals surface area (Å²) in [6.07, 6.45) is 4.61. The standard InChI is InChI=1S/C16H22BrClFN/c1-3-8-20-16(11-5-4-10(2)9-11)12-6-7-13(17)14(18)15(12)19/h6-7,10-11,16,20H,3-5,8-9H2,1-2H3. The molecule has 0 amide bonds. The van der Waals surface area contributed by atoms with Gasteiger partial charge in [-0.2, -0.15) is 0 Å². The van der Waals surface area contributed by atoms with E-state index in [0.29, 0.717) is 16.0 Å². The molecule has 1 aromatic carbocycles. The molecule has 20 heavy (non-hydrogen) atoms.